The van der Waals surface area contributed by atoms with Crippen molar-refractivity contribution in [1.82, 2.24) is 14.8 Å². The number of carbonyl (C=O) groups is 1. The van der Waals surface area contributed by atoms with Crippen LogP contribution in [0, 0.1) is 5.82 Å². The van der Waals surface area contributed by atoms with E-state index in [1.165, 1.54) is 37.1 Å². The van der Waals surface area contributed by atoms with Crippen LogP contribution in [0.25, 0.3) is 0 Å². The number of benzene rings is 1. The Hall–Kier alpha value is -1.69. The number of nitrogens with zero attached hydrogens (tertiary/aromatic N) is 3. The van der Waals surface area contributed by atoms with Crippen molar-refractivity contribution in [3.8, 4) is 0 Å². The number of aromatic nitrogens is 3. The maximum absolute atomic E-state index is 12.8. The van der Waals surface area contributed by atoms with Crippen LogP contribution in [0.4, 0.5) is 4.39 Å². The Kier molecular flexibility index (Phi) is 4.34. The van der Waals surface area contributed by atoms with Gasteiger partial charge in [-0.05, 0) is 43.5 Å². The Morgan fingerprint density at radius 3 is 2.81 bits per heavy atom. The molecule has 1 fully saturated rings. The molecule has 0 amide bonds. The SMILES string of the molecule is O=C(CCCSc1nncn1C1CC1)c1ccc(F)cc1. The summed E-state index contributed by atoms with van der Waals surface area (Å²) < 4.78 is 14.9. The van der Waals surface area contributed by atoms with Crippen molar-refractivity contribution in [3.05, 3.63) is 42.0 Å². The summed E-state index contributed by atoms with van der Waals surface area (Å²) in [6.45, 7) is 0. The fourth-order valence-corrected chi connectivity index (χ4v) is 3.04. The van der Waals surface area contributed by atoms with Crippen LogP contribution >= 0.6 is 11.8 Å². The first-order valence-corrected chi connectivity index (χ1v) is 8.03. The zero-order chi connectivity index (χ0) is 14.7. The van der Waals surface area contributed by atoms with E-state index in [-0.39, 0.29) is 11.6 Å². The number of Topliss-reactive ketones (excluding diaryl/α,β-unsaturated/α-hetero) is 1. The van der Waals surface area contributed by atoms with Crippen LogP contribution in [0.2, 0.25) is 0 Å². The largest absolute Gasteiger partial charge is 0.306 e. The molecule has 0 atom stereocenters. The van der Waals surface area contributed by atoms with Crippen LogP contribution in [0.5, 0.6) is 0 Å². The van der Waals surface area contributed by atoms with Crippen LogP contribution < -0.4 is 0 Å². The van der Waals surface area contributed by atoms with Gasteiger partial charge in [0.1, 0.15) is 12.1 Å². The predicted molar refractivity (Wildman–Crippen MR) is 79.0 cm³/mol. The second kappa shape index (κ2) is 6.39. The molecule has 21 heavy (non-hydrogen) atoms. The van der Waals surface area contributed by atoms with Gasteiger partial charge >= 0.3 is 0 Å². The molecular weight excluding hydrogens is 289 g/mol. The Morgan fingerprint density at radius 2 is 2.10 bits per heavy atom. The summed E-state index contributed by atoms with van der Waals surface area (Å²) in [4.78, 5) is 11.9. The zero-order valence-corrected chi connectivity index (χ0v) is 12.4. The van der Waals surface area contributed by atoms with Crippen LogP contribution in [0.15, 0.2) is 35.7 Å². The highest BCUT2D eigenvalue weighted by Gasteiger charge is 2.26. The quantitative estimate of drug-likeness (QED) is 0.446. The number of rotatable bonds is 7. The maximum Gasteiger partial charge on any atom is 0.191 e. The zero-order valence-electron chi connectivity index (χ0n) is 11.5. The van der Waals surface area contributed by atoms with Crippen molar-refractivity contribution in [2.45, 2.75) is 36.9 Å². The highest BCUT2D eigenvalue weighted by atomic mass is 32.2. The molecule has 0 unspecified atom stereocenters. The number of ketones is 1. The van der Waals surface area contributed by atoms with Crippen molar-refractivity contribution in [3.63, 3.8) is 0 Å². The van der Waals surface area contributed by atoms with Gasteiger partial charge in [0.15, 0.2) is 10.9 Å². The normalized spacial score (nSPS) is 14.3. The summed E-state index contributed by atoms with van der Waals surface area (Å²) in [6, 6.07) is 6.28. The molecule has 3 rings (SSSR count). The molecule has 4 nitrogen and oxygen atoms in total. The summed E-state index contributed by atoms with van der Waals surface area (Å²) >= 11 is 1.64. The molecule has 110 valence electrons. The molecular formula is C15H16FN3OS. The lowest BCUT2D eigenvalue weighted by Gasteiger charge is -2.04. The fraction of sp³-hybridized carbons (Fsp3) is 0.400. The third-order valence-corrected chi connectivity index (χ3v) is 4.47. The lowest BCUT2D eigenvalue weighted by molar-refractivity contribution is 0.0982. The van der Waals surface area contributed by atoms with Crippen molar-refractivity contribution in [1.29, 1.82) is 0 Å². The Morgan fingerprint density at radius 1 is 1.33 bits per heavy atom. The van der Waals surface area contributed by atoms with Crippen LogP contribution in [-0.4, -0.2) is 26.3 Å². The minimum atomic E-state index is -0.318. The van der Waals surface area contributed by atoms with E-state index in [0.29, 0.717) is 18.0 Å². The maximum atomic E-state index is 12.8. The lowest BCUT2D eigenvalue weighted by Crippen LogP contribution is -2.00. The van der Waals surface area contributed by atoms with Crippen molar-refractivity contribution in [2.24, 2.45) is 0 Å². The molecule has 0 N–H and O–H groups in total. The molecule has 1 heterocycles. The highest BCUT2D eigenvalue weighted by molar-refractivity contribution is 7.99. The first kappa shape index (κ1) is 14.3. The predicted octanol–water partition coefficient (Wildman–Crippen LogP) is 3.51. The first-order valence-electron chi connectivity index (χ1n) is 7.05. The van der Waals surface area contributed by atoms with Gasteiger partial charge in [-0.1, -0.05) is 11.8 Å². The Bertz CT molecular complexity index is 622. The van der Waals surface area contributed by atoms with E-state index in [1.54, 1.807) is 18.1 Å². The summed E-state index contributed by atoms with van der Waals surface area (Å²) in [7, 11) is 0. The Balaban J connectivity index is 1.44. The third kappa shape index (κ3) is 3.69. The second-order valence-electron chi connectivity index (χ2n) is 5.13. The van der Waals surface area contributed by atoms with Crippen molar-refractivity contribution in [2.75, 3.05) is 5.75 Å². The van der Waals surface area contributed by atoms with E-state index >= 15 is 0 Å². The minimum Gasteiger partial charge on any atom is -0.306 e. The van der Waals surface area contributed by atoms with Gasteiger partial charge in [-0.15, -0.1) is 10.2 Å². The van der Waals surface area contributed by atoms with Crippen LogP contribution in [-0.2, 0) is 0 Å². The van der Waals surface area contributed by atoms with Crippen LogP contribution in [0.3, 0.4) is 0 Å². The molecule has 0 aliphatic heterocycles. The minimum absolute atomic E-state index is 0.0549. The summed E-state index contributed by atoms with van der Waals surface area (Å²) in [5, 5.41) is 8.99. The standard InChI is InChI=1S/C15H16FN3OS/c16-12-5-3-11(4-6-12)14(20)2-1-9-21-15-18-17-10-19(15)13-7-8-13/h3-6,10,13H,1-2,7-9H2. The molecule has 0 spiro atoms. The number of hydrogen-bond donors (Lipinski definition) is 0. The van der Waals surface area contributed by atoms with E-state index < -0.39 is 0 Å². The van der Waals surface area contributed by atoms with Gasteiger partial charge in [0.25, 0.3) is 0 Å². The molecule has 1 aliphatic rings. The molecule has 6 heteroatoms. The Labute approximate surface area is 126 Å². The molecule has 0 saturated heterocycles. The van der Waals surface area contributed by atoms with Gasteiger partial charge in [0.2, 0.25) is 0 Å². The average molecular weight is 305 g/mol. The van der Waals surface area contributed by atoms with Gasteiger partial charge in [0.05, 0.1) is 0 Å². The van der Waals surface area contributed by atoms with E-state index in [4.69, 9.17) is 0 Å². The number of halogens is 1. The third-order valence-electron chi connectivity index (χ3n) is 3.43. The smallest absolute Gasteiger partial charge is 0.191 e. The molecule has 2 aromatic rings. The van der Waals surface area contributed by atoms with Gasteiger partial charge in [-0.3, -0.25) is 4.79 Å². The molecule has 1 aliphatic carbocycles. The second-order valence-corrected chi connectivity index (χ2v) is 6.20. The number of hydrogen-bond acceptors (Lipinski definition) is 4. The van der Waals surface area contributed by atoms with Gasteiger partial charge in [-0.2, -0.15) is 0 Å². The molecule has 1 aromatic heterocycles. The van der Waals surface area contributed by atoms with Crippen LogP contribution in [0.1, 0.15) is 42.1 Å². The van der Waals surface area contributed by atoms with Gasteiger partial charge in [0, 0.05) is 23.8 Å². The number of carbonyl (C=O) groups excluding carboxylic acids is 1. The fourth-order valence-electron chi connectivity index (χ4n) is 2.11. The summed E-state index contributed by atoms with van der Waals surface area (Å²) in [5.74, 6) is 0.569. The lowest BCUT2D eigenvalue weighted by atomic mass is 10.1. The van der Waals surface area contributed by atoms with E-state index in [0.717, 1.165) is 17.3 Å². The summed E-state index contributed by atoms with van der Waals surface area (Å²) in [6.07, 6.45) is 5.43. The monoisotopic (exact) mass is 305 g/mol. The van der Waals surface area contributed by atoms with Gasteiger partial charge < -0.3 is 4.57 Å². The van der Waals surface area contributed by atoms with Crippen molar-refractivity contribution < 1.29 is 9.18 Å². The molecule has 1 aromatic carbocycles. The molecule has 1 saturated carbocycles. The number of thioether (sulfide) groups is 1. The van der Waals surface area contributed by atoms with E-state index in [9.17, 15) is 9.18 Å². The first-order chi connectivity index (χ1) is 10.2. The average Bonchev–Trinajstić information content (AvgIpc) is 3.23. The molecule has 0 bridgehead atoms. The van der Waals surface area contributed by atoms with E-state index in [2.05, 4.69) is 14.8 Å². The molecule has 0 radical (unpaired) electrons. The van der Waals surface area contributed by atoms with Crippen molar-refractivity contribution >= 4 is 17.5 Å². The van der Waals surface area contributed by atoms with Gasteiger partial charge in [-0.25, -0.2) is 4.39 Å². The summed E-state index contributed by atoms with van der Waals surface area (Å²) in [5.41, 5.74) is 0.572. The highest BCUT2D eigenvalue weighted by Crippen LogP contribution is 2.37. The van der Waals surface area contributed by atoms with E-state index in [1.807, 2.05) is 0 Å². The topological polar surface area (TPSA) is 47.8 Å².